The second-order valence-corrected chi connectivity index (χ2v) is 3.63. The smallest absolute Gasteiger partial charge is 0.0833 e. The van der Waals surface area contributed by atoms with Gasteiger partial charge in [-0.1, -0.05) is 0 Å². The molecule has 72 valence electrons. The molecule has 1 spiro atoms. The lowest BCUT2D eigenvalue weighted by Crippen LogP contribution is -2.45. The van der Waals surface area contributed by atoms with Crippen molar-refractivity contribution in [3.05, 3.63) is 0 Å². The van der Waals surface area contributed by atoms with Crippen molar-refractivity contribution in [2.24, 2.45) is 0 Å². The maximum absolute atomic E-state index is 9.29. The average molecular weight is 194 g/mol. The highest BCUT2D eigenvalue weighted by atomic mass is 35.5. The molecule has 2 fully saturated rings. The van der Waals surface area contributed by atoms with E-state index >= 15 is 0 Å². The summed E-state index contributed by atoms with van der Waals surface area (Å²) < 4.78 is 5.58. The molecule has 2 aliphatic heterocycles. The fourth-order valence-corrected chi connectivity index (χ4v) is 2.06. The number of aliphatic hydroxyl groups is 1. The Kier molecular flexibility index (Phi) is 3.35. The predicted octanol–water partition coefficient (Wildman–Crippen LogP) is 0.312. The van der Waals surface area contributed by atoms with Gasteiger partial charge in [0.15, 0.2) is 0 Å². The van der Waals surface area contributed by atoms with Crippen LogP contribution in [0.2, 0.25) is 0 Å². The lowest BCUT2D eigenvalue weighted by atomic mass is 9.91. The van der Waals surface area contributed by atoms with Crippen LogP contribution in [-0.2, 0) is 4.74 Å². The molecule has 2 N–H and O–H groups in total. The van der Waals surface area contributed by atoms with Crippen LogP contribution in [0.25, 0.3) is 0 Å². The van der Waals surface area contributed by atoms with Crippen molar-refractivity contribution in [2.75, 3.05) is 19.7 Å². The molecule has 2 aliphatic rings. The summed E-state index contributed by atoms with van der Waals surface area (Å²) in [6.45, 7) is 2.55. The number of aliphatic hydroxyl groups excluding tert-OH is 1. The molecule has 2 unspecified atom stereocenters. The van der Waals surface area contributed by atoms with E-state index in [1.54, 1.807) is 0 Å². The third-order valence-corrected chi connectivity index (χ3v) is 2.62. The Morgan fingerprint density at radius 3 is 2.83 bits per heavy atom. The summed E-state index contributed by atoms with van der Waals surface area (Å²) in [5.74, 6) is 0. The summed E-state index contributed by atoms with van der Waals surface area (Å²) >= 11 is 0. The molecule has 2 atom stereocenters. The van der Waals surface area contributed by atoms with Gasteiger partial charge in [-0.15, -0.1) is 12.4 Å². The van der Waals surface area contributed by atoms with Crippen molar-refractivity contribution in [2.45, 2.75) is 31.0 Å². The maximum atomic E-state index is 9.29. The van der Waals surface area contributed by atoms with Crippen molar-refractivity contribution < 1.29 is 9.84 Å². The first-order valence-electron chi connectivity index (χ1n) is 4.34. The van der Waals surface area contributed by atoms with Crippen molar-refractivity contribution in [1.29, 1.82) is 0 Å². The lowest BCUT2D eigenvalue weighted by Gasteiger charge is -2.32. The van der Waals surface area contributed by atoms with Crippen molar-refractivity contribution in [3.8, 4) is 0 Å². The molecule has 2 rings (SSSR count). The van der Waals surface area contributed by atoms with E-state index in [2.05, 4.69) is 5.32 Å². The molecule has 0 aliphatic carbocycles. The average Bonchev–Trinajstić information content (AvgIpc) is 2.34. The molecule has 0 aromatic heterocycles. The summed E-state index contributed by atoms with van der Waals surface area (Å²) in [7, 11) is 0. The van der Waals surface area contributed by atoms with Gasteiger partial charge in [-0.25, -0.2) is 0 Å². The van der Waals surface area contributed by atoms with E-state index < -0.39 is 0 Å². The van der Waals surface area contributed by atoms with E-state index in [0.717, 1.165) is 25.9 Å². The molecular weight excluding hydrogens is 178 g/mol. The summed E-state index contributed by atoms with van der Waals surface area (Å²) in [6.07, 6.45) is 2.87. The Hall–Kier alpha value is 0.170. The van der Waals surface area contributed by atoms with Gasteiger partial charge in [-0.05, 0) is 19.4 Å². The fraction of sp³-hybridized carbons (Fsp3) is 1.00. The van der Waals surface area contributed by atoms with Crippen LogP contribution in [0.4, 0.5) is 0 Å². The van der Waals surface area contributed by atoms with Gasteiger partial charge in [0.2, 0.25) is 0 Å². The molecule has 0 radical (unpaired) electrons. The van der Waals surface area contributed by atoms with Gasteiger partial charge in [-0.2, -0.15) is 0 Å². The predicted molar refractivity (Wildman–Crippen MR) is 48.7 cm³/mol. The van der Waals surface area contributed by atoms with Crippen molar-refractivity contribution in [1.82, 2.24) is 5.32 Å². The second kappa shape index (κ2) is 3.92. The molecule has 0 saturated carbocycles. The van der Waals surface area contributed by atoms with Crippen LogP contribution in [0.1, 0.15) is 19.3 Å². The van der Waals surface area contributed by atoms with Crippen LogP contribution in [-0.4, -0.2) is 36.5 Å². The van der Waals surface area contributed by atoms with Crippen molar-refractivity contribution in [3.63, 3.8) is 0 Å². The van der Waals surface area contributed by atoms with Crippen LogP contribution >= 0.6 is 12.4 Å². The number of hydrogen-bond acceptors (Lipinski definition) is 3. The van der Waals surface area contributed by atoms with E-state index in [1.165, 1.54) is 6.42 Å². The lowest BCUT2D eigenvalue weighted by molar-refractivity contribution is -0.0157. The van der Waals surface area contributed by atoms with Gasteiger partial charge in [0, 0.05) is 13.0 Å². The summed E-state index contributed by atoms with van der Waals surface area (Å²) in [5, 5.41) is 12.6. The zero-order valence-electron chi connectivity index (χ0n) is 7.08. The third kappa shape index (κ3) is 1.91. The SMILES string of the molecule is Cl.OC1COC2(CCCNC2)C1. The van der Waals surface area contributed by atoms with Crippen LogP contribution in [0, 0.1) is 0 Å². The number of rotatable bonds is 0. The minimum atomic E-state index is -0.227. The normalized spacial score (nSPS) is 41.2. The first-order valence-corrected chi connectivity index (χ1v) is 4.34. The fourth-order valence-electron chi connectivity index (χ4n) is 2.06. The van der Waals surface area contributed by atoms with Gasteiger partial charge in [0.05, 0.1) is 18.3 Å². The number of hydrogen-bond donors (Lipinski definition) is 2. The number of halogens is 1. The molecular formula is C8H16ClNO2. The number of ether oxygens (including phenoxy) is 1. The third-order valence-electron chi connectivity index (χ3n) is 2.62. The number of nitrogens with one attached hydrogen (secondary N) is 1. The van der Waals surface area contributed by atoms with Crippen LogP contribution in [0.3, 0.4) is 0 Å². The zero-order valence-corrected chi connectivity index (χ0v) is 7.90. The largest absolute Gasteiger partial charge is 0.391 e. The van der Waals surface area contributed by atoms with E-state index in [9.17, 15) is 5.11 Å². The summed E-state index contributed by atoms with van der Waals surface area (Å²) in [4.78, 5) is 0. The summed E-state index contributed by atoms with van der Waals surface area (Å²) in [6, 6.07) is 0. The molecule has 0 aromatic rings. The van der Waals surface area contributed by atoms with Gasteiger partial charge in [-0.3, -0.25) is 0 Å². The van der Waals surface area contributed by atoms with Crippen LogP contribution in [0.5, 0.6) is 0 Å². The quantitative estimate of drug-likeness (QED) is 0.582. The van der Waals surface area contributed by atoms with E-state index in [4.69, 9.17) is 4.74 Å². The minimum Gasteiger partial charge on any atom is -0.391 e. The molecule has 0 aromatic carbocycles. The molecule has 2 heterocycles. The highest BCUT2D eigenvalue weighted by molar-refractivity contribution is 5.85. The Labute approximate surface area is 78.9 Å². The highest BCUT2D eigenvalue weighted by Gasteiger charge is 2.40. The first kappa shape index (κ1) is 10.3. The van der Waals surface area contributed by atoms with Crippen LogP contribution < -0.4 is 5.32 Å². The highest BCUT2D eigenvalue weighted by Crippen LogP contribution is 2.31. The number of piperidine rings is 1. The Bertz CT molecular complexity index is 142. The zero-order chi connectivity index (χ0) is 7.73. The molecule has 4 heteroatoms. The van der Waals surface area contributed by atoms with Gasteiger partial charge in [0.25, 0.3) is 0 Å². The molecule has 2 saturated heterocycles. The second-order valence-electron chi connectivity index (χ2n) is 3.63. The Balaban J connectivity index is 0.000000720. The monoisotopic (exact) mass is 193 g/mol. The van der Waals surface area contributed by atoms with Gasteiger partial charge < -0.3 is 15.2 Å². The first-order chi connectivity index (χ1) is 5.31. The van der Waals surface area contributed by atoms with Crippen molar-refractivity contribution >= 4 is 12.4 Å². The minimum absolute atomic E-state index is 0. The van der Waals surface area contributed by atoms with Crippen LogP contribution in [0.15, 0.2) is 0 Å². The van der Waals surface area contributed by atoms with E-state index in [0.29, 0.717) is 6.61 Å². The van der Waals surface area contributed by atoms with E-state index in [1.807, 2.05) is 0 Å². The topological polar surface area (TPSA) is 41.5 Å². The molecule has 0 amide bonds. The summed E-state index contributed by atoms with van der Waals surface area (Å²) in [5.41, 5.74) is -0.0162. The Morgan fingerprint density at radius 2 is 2.33 bits per heavy atom. The standard InChI is InChI=1S/C8H15NO2.ClH/c10-7-4-8(11-5-7)2-1-3-9-6-8;/h7,9-10H,1-6H2;1H. The molecule has 12 heavy (non-hydrogen) atoms. The van der Waals surface area contributed by atoms with E-state index in [-0.39, 0.29) is 24.1 Å². The van der Waals surface area contributed by atoms with Gasteiger partial charge in [0.1, 0.15) is 0 Å². The molecule has 0 bridgehead atoms. The Morgan fingerprint density at radius 1 is 1.50 bits per heavy atom. The maximum Gasteiger partial charge on any atom is 0.0833 e. The molecule has 3 nitrogen and oxygen atoms in total. The van der Waals surface area contributed by atoms with Gasteiger partial charge >= 0.3 is 0 Å².